The number of likely N-dealkylation sites (tertiary alicyclic amines) is 2. The summed E-state index contributed by atoms with van der Waals surface area (Å²) in [5, 5.41) is 9.50. The van der Waals surface area contributed by atoms with E-state index in [2.05, 4.69) is 124 Å². The van der Waals surface area contributed by atoms with Crippen molar-refractivity contribution < 1.29 is 28.7 Å². The number of esters is 1. The van der Waals surface area contributed by atoms with Gasteiger partial charge in [-0.15, -0.1) is 0 Å². The number of amides is 3. The van der Waals surface area contributed by atoms with Crippen molar-refractivity contribution in [3.63, 3.8) is 0 Å². The maximum Gasteiger partial charge on any atom is 0.324 e. The van der Waals surface area contributed by atoms with E-state index in [0.717, 1.165) is 106 Å². The number of benzene rings is 1. The van der Waals surface area contributed by atoms with Crippen LogP contribution in [0.3, 0.4) is 0 Å². The van der Waals surface area contributed by atoms with E-state index in [4.69, 9.17) is 14.5 Å². The van der Waals surface area contributed by atoms with Gasteiger partial charge in [-0.1, -0.05) is 49.0 Å². The summed E-state index contributed by atoms with van der Waals surface area (Å²) in [7, 11) is 0. The smallest absolute Gasteiger partial charge is 0.324 e. The lowest BCUT2D eigenvalue weighted by Crippen LogP contribution is -2.62. The number of ether oxygens (including phenoxy) is 2. The van der Waals surface area contributed by atoms with Gasteiger partial charge in [0.25, 0.3) is 5.91 Å². The molecule has 17 nitrogen and oxygen atoms in total. The lowest BCUT2D eigenvalue weighted by atomic mass is 9.84. The van der Waals surface area contributed by atoms with Crippen LogP contribution in [0.1, 0.15) is 131 Å². The number of anilines is 2. The Balaban J connectivity index is 0.00000645. The number of carbonyl (C=O) groups excluding carboxylic acids is 4. The number of hydrogen-bond donors (Lipinski definition) is 3. The summed E-state index contributed by atoms with van der Waals surface area (Å²) in [6.45, 7) is 25.4. The molecule has 7 aliphatic heterocycles. The van der Waals surface area contributed by atoms with Gasteiger partial charge in [-0.05, 0) is 119 Å². The van der Waals surface area contributed by atoms with Gasteiger partial charge in [0.2, 0.25) is 11.8 Å². The van der Waals surface area contributed by atoms with E-state index in [9.17, 15) is 14.4 Å². The van der Waals surface area contributed by atoms with E-state index >= 15 is 4.79 Å². The molecule has 6 bridgehead atoms. The summed E-state index contributed by atoms with van der Waals surface area (Å²) in [4.78, 5) is 75.0. The molecular weight excluding hydrogens is 983 g/mol. The molecule has 2 aromatic heterocycles. The molecule has 3 amide bonds. The largest absolute Gasteiger partial charge is 0.464 e. The zero-order chi connectivity index (χ0) is 53.5. The highest BCUT2D eigenvalue weighted by Gasteiger charge is 2.55. The standard InChI is InChI=1S/C60H87N11O6.CH4/c1-8-70-49-16-15-41-28-44(49)46(54(70)45-29-42(32-61-50(45)37(2)3)66-24-22-65(23-25-66)40-13-14-40)31-59(6,7)36-77-58(75)47-10-9-19-71(64-47)56(73)48(30-43-33-67(41)26-27-76-43)62-55(72)53(38(4)5)68-20-17-60(34-68)18-21-69(35-60)57(74)52-51(63-52)39-11-12-39;/h15-16,28-29,32,37-40,43,47-48,51-53,63-64H,8-14,17-27,30-31,33-36H2,1-7H3,(H,62,72);1H4/t43-,47-,48-,51+,52+,53-,60-;/m0./s1. The third kappa shape index (κ3) is 11.0. The lowest BCUT2D eigenvalue weighted by molar-refractivity contribution is -0.156. The number of piperazine rings is 1. The number of aryl methyl sites for hydroxylation is 1. The summed E-state index contributed by atoms with van der Waals surface area (Å²) in [5.74, 6) is 0.231. The van der Waals surface area contributed by atoms with Crippen LogP contribution in [0.2, 0.25) is 0 Å². The number of carbonyl (C=O) groups is 4. The van der Waals surface area contributed by atoms with Crippen molar-refractivity contribution in [2.45, 2.75) is 175 Å². The monoisotopic (exact) mass is 1070 g/mol. The Morgan fingerprint density at radius 2 is 1.68 bits per heavy atom. The number of morpholine rings is 1. The topological polar surface area (TPSA) is 170 Å². The minimum absolute atomic E-state index is 0. The summed E-state index contributed by atoms with van der Waals surface area (Å²) in [6, 6.07) is 8.26. The van der Waals surface area contributed by atoms with Crippen molar-refractivity contribution in [2.24, 2.45) is 22.7 Å². The number of fused-ring (bicyclic) bond motifs is 6. The summed E-state index contributed by atoms with van der Waals surface area (Å²) >= 11 is 0. The van der Waals surface area contributed by atoms with E-state index in [1.807, 2.05) is 0 Å². The van der Waals surface area contributed by atoms with Crippen molar-refractivity contribution in [1.82, 2.24) is 45.3 Å². The first-order chi connectivity index (χ1) is 37.1. The molecule has 1 spiro atoms. The molecule has 6 saturated heterocycles. The molecule has 3 aromatic rings. The first kappa shape index (κ1) is 55.1. The van der Waals surface area contributed by atoms with E-state index in [1.54, 1.807) is 5.01 Å². The van der Waals surface area contributed by atoms with Crippen LogP contribution in [-0.4, -0.2) is 181 Å². The molecular formula is C61H91N11O6. The van der Waals surface area contributed by atoms with Crippen LogP contribution >= 0.6 is 0 Å². The molecule has 7 atom stereocenters. The van der Waals surface area contributed by atoms with Crippen molar-refractivity contribution in [3.8, 4) is 11.3 Å². The predicted octanol–water partition coefficient (Wildman–Crippen LogP) is 6.17. The summed E-state index contributed by atoms with van der Waals surface area (Å²) < 4.78 is 15.3. The van der Waals surface area contributed by atoms with Gasteiger partial charge in [0.1, 0.15) is 18.1 Å². The van der Waals surface area contributed by atoms with Crippen molar-refractivity contribution >= 4 is 46.0 Å². The van der Waals surface area contributed by atoms with Gasteiger partial charge in [0.05, 0.1) is 48.6 Å². The quantitative estimate of drug-likeness (QED) is 0.148. The molecule has 17 heteroatoms. The van der Waals surface area contributed by atoms with E-state index in [0.29, 0.717) is 57.5 Å². The van der Waals surface area contributed by atoms with Gasteiger partial charge in [0.15, 0.2) is 0 Å². The number of rotatable bonds is 11. The lowest BCUT2D eigenvalue weighted by Gasteiger charge is -2.39. The molecule has 12 rings (SSSR count). The van der Waals surface area contributed by atoms with Gasteiger partial charge < -0.3 is 34.1 Å². The highest BCUT2D eigenvalue weighted by Crippen LogP contribution is 2.46. The Hall–Kier alpha value is -4.81. The van der Waals surface area contributed by atoms with Crippen LogP contribution in [0, 0.1) is 22.7 Å². The van der Waals surface area contributed by atoms with Gasteiger partial charge in [-0.3, -0.25) is 44.3 Å². The second-order valence-corrected chi connectivity index (χ2v) is 26.2. The van der Waals surface area contributed by atoms with Crippen LogP contribution in [0.5, 0.6) is 0 Å². The van der Waals surface area contributed by atoms with Gasteiger partial charge in [-0.25, -0.2) is 5.43 Å². The van der Waals surface area contributed by atoms with Crippen LogP contribution in [-0.2, 0) is 41.6 Å². The predicted molar refractivity (Wildman–Crippen MR) is 305 cm³/mol. The molecule has 426 valence electrons. The number of cyclic esters (lactones) is 1. The van der Waals surface area contributed by atoms with E-state index in [-0.39, 0.29) is 73.5 Å². The SMILES string of the molecule is C.CCn1c(-c2cc(N3CCN(C4CC4)CC3)cnc2C(C)C)c2c3cc(ccc31)N1CCO[C@@H](C[C@H](NC(=O)[C@H](C(C)C)N3CC[C@]4(CCN(C(=O)[C@@H]5N[C@@H]5C5CC5)C4)C3)C(=O)N3CCC[C@H](N3)C(=O)OCC(C)(C)C2)C1. The molecule has 8 fully saturated rings. The second-order valence-electron chi connectivity index (χ2n) is 26.2. The normalized spacial score (nSPS) is 29.5. The maximum atomic E-state index is 15.0. The Bertz CT molecular complexity index is 2730. The number of nitrogens with zero attached hydrogens (tertiary/aromatic N) is 8. The fourth-order valence-corrected chi connectivity index (χ4v) is 14.5. The Labute approximate surface area is 463 Å². The molecule has 78 heavy (non-hydrogen) atoms. The van der Waals surface area contributed by atoms with Gasteiger partial charge in [-0.2, -0.15) is 0 Å². The zero-order valence-corrected chi connectivity index (χ0v) is 47.2. The van der Waals surface area contributed by atoms with Crippen LogP contribution < -0.4 is 25.9 Å². The first-order valence-electron chi connectivity index (χ1n) is 29.9. The number of aromatic nitrogens is 2. The molecule has 2 saturated carbocycles. The minimum Gasteiger partial charge on any atom is -0.464 e. The Kier molecular flexibility index (Phi) is 15.5. The highest BCUT2D eigenvalue weighted by molar-refractivity contribution is 5.95. The fourth-order valence-electron chi connectivity index (χ4n) is 14.5. The molecule has 1 aromatic carbocycles. The Morgan fingerprint density at radius 3 is 2.41 bits per heavy atom. The second kappa shape index (κ2) is 21.9. The summed E-state index contributed by atoms with van der Waals surface area (Å²) in [5.41, 5.74) is 10.8. The number of pyridine rings is 1. The first-order valence-corrected chi connectivity index (χ1v) is 29.9. The molecule has 3 N–H and O–H groups in total. The molecule has 0 unspecified atom stereocenters. The zero-order valence-electron chi connectivity index (χ0n) is 47.2. The summed E-state index contributed by atoms with van der Waals surface area (Å²) in [6.07, 6.45) is 10.8. The number of hydrazine groups is 1. The third-order valence-electron chi connectivity index (χ3n) is 19.1. The maximum absolute atomic E-state index is 15.0. The van der Waals surface area contributed by atoms with Crippen LogP contribution in [0.25, 0.3) is 22.2 Å². The third-order valence-corrected chi connectivity index (χ3v) is 19.1. The molecule has 9 aliphatic rings. The van der Waals surface area contributed by atoms with Crippen molar-refractivity contribution in [3.05, 3.63) is 41.7 Å². The average molecular weight is 1070 g/mol. The molecule has 9 heterocycles. The van der Waals surface area contributed by atoms with Crippen molar-refractivity contribution in [2.75, 3.05) is 95.0 Å². The number of hydrogen-bond acceptors (Lipinski definition) is 13. The van der Waals surface area contributed by atoms with E-state index < -0.39 is 23.5 Å². The molecule has 0 radical (unpaired) electrons. The van der Waals surface area contributed by atoms with Crippen molar-refractivity contribution in [1.29, 1.82) is 0 Å². The van der Waals surface area contributed by atoms with Gasteiger partial charge >= 0.3 is 5.97 Å². The van der Waals surface area contributed by atoms with Gasteiger partial charge in [0, 0.05) is 123 Å². The minimum atomic E-state index is -0.910. The van der Waals surface area contributed by atoms with Crippen LogP contribution in [0.4, 0.5) is 11.4 Å². The van der Waals surface area contributed by atoms with Crippen LogP contribution in [0.15, 0.2) is 30.5 Å². The highest BCUT2D eigenvalue weighted by atomic mass is 16.5. The number of nitrogens with one attached hydrogen (secondary N) is 3. The fraction of sp³-hybridized carbons (Fsp3) is 0.721. The average Bonchev–Trinajstić information content (AvgIpc) is 4.46. The molecule has 2 aliphatic carbocycles. The Morgan fingerprint density at radius 1 is 0.897 bits per heavy atom. The van der Waals surface area contributed by atoms with E-state index in [1.165, 1.54) is 42.3 Å².